The number of aromatic nitrogens is 1. The predicted molar refractivity (Wildman–Crippen MR) is 73.7 cm³/mol. The predicted octanol–water partition coefficient (Wildman–Crippen LogP) is 3.49. The first-order valence-corrected chi connectivity index (χ1v) is 6.46. The van der Waals surface area contributed by atoms with Crippen LogP contribution in [0, 0.1) is 6.92 Å². The molecule has 0 unspecified atom stereocenters. The third-order valence-corrected chi connectivity index (χ3v) is 2.53. The van der Waals surface area contributed by atoms with E-state index in [0.29, 0.717) is 23.9 Å². The maximum absolute atomic E-state index is 11.5. The molecule has 4 nitrogen and oxygen atoms in total. The smallest absolute Gasteiger partial charge is 0.276 e. The summed E-state index contributed by atoms with van der Waals surface area (Å²) in [4.78, 5) is 15.7. The molecule has 0 aromatic carbocycles. The fourth-order valence-corrected chi connectivity index (χ4v) is 1.29. The minimum Gasteiger partial charge on any atom is -0.478 e. The van der Waals surface area contributed by atoms with Crippen LogP contribution in [0.2, 0.25) is 0 Å². The summed E-state index contributed by atoms with van der Waals surface area (Å²) in [7, 11) is 0. The average Bonchev–Trinajstić information content (AvgIpc) is 2.28. The summed E-state index contributed by atoms with van der Waals surface area (Å²) in [5, 5.41) is 2.48. The van der Waals surface area contributed by atoms with E-state index in [1.165, 1.54) is 0 Å². The van der Waals surface area contributed by atoms with Gasteiger partial charge in [0.15, 0.2) is 0 Å². The lowest BCUT2D eigenvalue weighted by Gasteiger charge is -2.13. The number of hydrogen-bond acceptors (Lipinski definition) is 3. The number of ether oxygens (including phenoxy) is 1. The van der Waals surface area contributed by atoms with E-state index in [9.17, 15) is 4.79 Å². The molecule has 1 aromatic rings. The number of pyridine rings is 1. The van der Waals surface area contributed by atoms with Gasteiger partial charge in [-0.1, -0.05) is 41.7 Å². The van der Waals surface area contributed by atoms with Gasteiger partial charge in [-0.25, -0.2) is 4.98 Å². The minimum atomic E-state index is -2.00. The SMILES string of the molecule is CCCOc1ccc(NC(=O)C(Cl)(Cl)Cl)c(C)n1. The number of alkyl halides is 3. The number of hydrogen-bond donors (Lipinski definition) is 1. The first-order chi connectivity index (χ1) is 8.34. The molecule has 0 atom stereocenters. The van der Waals surface area contributed by atoms with Crippen LogP contribution in [-0.4, -0.2) is 21.3 Å². The van der Waals surface area contributed by atoms with Gasteiger partial charge in [0.2, 0.25) is 5.88 Å². The van der Waals surface area contributed by atoms with Gasteiger partial charge >= 0.3 is 0 Å². The van der Waals surface area contributed by atoms with E-state index in [1.54, 1.807) is 19.1 Å². The zero-order valence-electron chi connectivity index (χ0n) is 9.97. The third kappa shape index (κ3) is 4.52. The van der Waals surface area contributed by atoms with Gasteiger partial charge in [-0.3, -0.25) is 4.79 Å². The van der Waals surface area contributed by atoms with Crippen molar-refractivity contribution in [3.8, 4) is 5.88 Å². The molecule has 1 aromatic heterocycles. The number of amides is 1. The first kappa shape index (κ1) is 15.3. The molecule has 0 radical (unpaired) electrons. The molecule has 0 aliphatic carbocycles. The van der Waals surface area contributed by atoms with Gasteiger partial charge in [0.25, 0.3) is 9.70 Å². The molecule has 18 heavy (non-hydrogen) atoms. The van der Waals surface area contributed by atoms with E-state index in [1.807, 2.05) is 6.92 Å². The summed E-state index contributed by atoms with van der Waals surface area (Å²) in [5.74, 6) is -0.221. The molecule has 0 bridgehead atoms. The van der Waals surface area contributed by atoms with Gasteiger partial charge < -0.3 is 10.1 Å². The number of carbonyl (C=O) groups excluding carboxylic acids is 1. The minimum absolute atomic E-state index is 0.482. The first-order valence-electron chi connectivity index (χ1n) is 5.33. The quantitative estimate of drug-likeness (QED) is 0.866. The van der Waals surface area contributed by atoms with Crippen molar-refractivity contribution in [1.29, 1.82) is 0 Å². The summed E-state index contributed by atoms with van der Waals surface area (Å²) in [6.45, 7) is 4.32. The van der Waals surface area contributed by atoms with Crippen molar-refractivity contribution in [3.05, 3.63) is 17.8 Å². The summed E-state index contributed by atoms with van der Waals surface area (Å²) >= 11 is 16.4. The lowest BCUT2D eigenvalue weighted by Crippen LogP contribution is -2.27. The Labute approximate surface area is 121 Å². The van der Waals surface area contributed by atoms with Crippen molar-refractivity contribution in [2.75, 3.05) is 11.9 Å². The number of halogens is 3. The van der Waals surface area contributed by atoms with E-state index < -0.39 is 9.70 Å². The number of nitrogens with zero attached hydrogens (tertiary/aromatic N) is 1. The van der Waals surface area contributed by atoms with Gasteiger partial charge in [-0.05, 0) is 19.4 Å². The highest BCUT2D eigenvalue weighted by molar-refractivity contribution is 6.76. The van der Waals surface area contributed by atoms with Gasteiger partial charge in [0.05, 0.1) is 18.0 Å². The highest BCUT2D eigenvalue weighted by Crippen LogP contribution is 2.28. The molecule has 0 saturated heterocycles. The molecule has 7 heteroatoms. The summed E-state index contributed by atoms with van der Waals surface area (Å²) in [6, 6.07) is 3.30. The van der Waals surface area contributed by atoms with Crippen molar-refractivity contribution >= 4 is 46.4 Å². The van der Waals surface area contributed by atoms with Crippen LogP contribution in [-0.2, 0) is 4.79 Å². The van der Waals surface area contributed by atoms with E-state index in [2.05, 4.69) is 10.3 Å². The Morgan fingerprint density at radius 3 is 2.61 bits per heavy atom. The molecule has 0 aliphatic rings. The van der Waals surface area contributed by atoms with Gasteiger partial charge in [-0.15, -0.1) is 0 Å². The Hall–Kier alpha value is -0.710. The monoisotopic (exact) mass is 310 g/mol. The van der Waals surface area contributed by atoms with Crippen LogP contribution >= 0.6 is 34.8 Å². The third-order valence-electron chi connectivity index (χ3n) is 2.02. The molecule has 0 spiro atoms. The van der Waals surface area contributed by atoms with Crippen LogP contribution in [0.25, 0.3) is 0 Å². The van der Waals surface area contributed by atoms with Crippen molar-refractivity contribution < 1.29 is 9.53 Å². The average molecular weight is 312 g/mol. The molecule has 1 heterocycles. The van der Waals surface area contributed by atoms with Crippen LogP contribution in [0.5, 0.6) is 5.88 Å². The normalized spacial score (nSPS) is 11.2. The van der Waals surface area contributed by atoms with Crippen molar-refractivity contribution in [2.45, 2.75) is 24.1 Å². The van der Waals surface area contributed by atoms with E-state index in [0.717, 1.165) is 6.42 Å². The number of aryl methyl sites for hydroxylation is 1. The summed E-state index contributed by atoms with van der Waals surface area (Å²) in [6.07, 6.45) is 0.895. The molecule has 0 fully saturated rings. The fourth-order valence-electron chi connectivity index (χ4n) is 1.15. The second-order valence-corrected chi connectivity index (χ2v) is 5.86. The number of nitrogens with one attached hydrogen (secondary N) is 1. The zero-order valence-corrected chi connectivity index (χ0v) is 12.2. The van der Waals surface area contributed by atoms with Crippen LogP contribution in [0.15, 0.2) is 12.1 Å². The van der Waals surface area contributed by atoms with Crippen LogP contribution in [0.1, 0.15) is 19.0 Å². The molecule has 100 valence electrons. The fraction of sp³-hybridized carbons (Fsp3) is 0.455. The second-order valence-electron chi connectivity index (χ2n) is 3.58. The molecular formula is C11H13Cl3N2O2. The number of anilines is 1. The Kier molecular flexibility index (Phi) is 5.50. The highest BCUT2D eigenvalue weighted by atomic mass is 35.6. The highest BCUT2D eigenvalue weighted by Gasteiger charge is 2.30. The van der Waals surface area contributed by atoms with Crippen molar-refractivity contribution in [2.24, 2.45) is 0 Å². The summed E-state index contributed by atoms with van der Waals surface area (Å²) < 4.78 is 3.37. The van der Waals surface area contributed by atoms with Crippen molar-refractivity contribution in [3.63, 3.8) is 0 Å². The Morgan fingerprint density at radius 2 is 2.11 bits per heavy atom. The maximum Gasteiger partial charge on any atom is 0.276 e. The molecule has 1 rings (SSSR count). The van der Waals surface area contributed by atoms with E-state index >= 15 is 0 Å². The molecular weight excluding hydrogens is 298 g/mol. The second kappa shape index (κ2) is 6.45. The van der Waals surface area contributed by atoms with Gasteiger partial charge in [-0.2, -0.15) is 0 Å². The molecule has 0 aliphatic heterocycles. The standard InChI is InChI=1S/C11H13Cl3N2O2/c1-3-6-18-9-5-4-8(7(2)15-9)16-10(17)11(12,13)14/h4-5H,3,6H2,1-2H3,(H,16,17). The molecule has 0 saturated carbocycles. The number of carbonyl (C=O) groups is 1. The Balaban J connectivity index is 2.77. The Morgan fingerprint density at radius 1 is 1.44 bits per heavy atom. The van der Waals surface area contributed by atoms with Gasteiger partial charge in [0.1, 0.15) is 0 Å². The molecule has 1 amide bonds. The van der Waals surface area contributed by atoms with Crippen LogP contribution < -0.4 is 10.1 Å². The molecule has 1 N–H and O–H groups in total. The zero-order chi connectivity index (χ0) is 13.8. The lowest BCUT2D eigenvalue weighted by atomic mass is 10.3. The van der Waals surface area contributed by atoms with Gasteiger partial charge in [0, 0.05) is 6.07 Å². The van der Waals surface area contributed by atoms with Crippen LogP contribution in [0.4, 0.5) is 5.69 Å². The largest absolute Gasteiger partial charge is 0.478 e. The summed E-state index contributed by atoms with van der Waals surface area (Å²) in [5.41, 5.74) is 1.07. The van der Waals surface area contributed by atoms with E-state index in [-0.39, 0.29) is 0 Å². The van der Waals surface area contributed by atoms with Crippen molar-refractivity contribution in [1.82, 2.24) is 4.98 Å². The number of rotatable bonds is 4. The lowest BCUT2D eigenvalue weighted by molar-refractivity contribution is -0.115. The van der Waals surface area contributed by atoms with E-state index in [4.69, 9.17) is 39.5 Å². The maximum atomic E-state index is 11.5. The topological polar surface area (TPSA) is 51.2 Å². The van der Waals surface area contributed by atoms with Crippen LogP contribution in [0.3, 0.4) is 0 Å². The Bertz CT molecular complexity index is 433.